The van der Waals surface area contributed by atoms with E-state index in [9.17, 15) is 19.5 Å². The number of nitrogens with zero attached hydrogens (tertiary/aromatic N) is 3. The number of hydrogen-bond acceptors (Lipinski definition) is 5. The highest BCUT2D eigenvalue weighted by Gasteiger charge is 2.70. The summed E-state index contributed by atoms with van der Waals surface area (Å²) in [6, 6.07) is 9.29. The number of aliphatic hydroxyl groups excluding tert-OH is 1. The summed E-state index contributed by atoms with van der Waals surface area (Å²) < 4.78 is -0.763. The summed E-state index contributed by atoms with van der Waals surface area (Å²) in [6.45, 7) is 4.83. The van der Waals surface area contributed by atoms with Crippen molar-refractivity contribution in [3.63, 3.8) is 0 Å². The highest BCUT2D eigenvalue weighted by molar-refractivity contribution is 8.02. The van der Waals surface area contributed by atoms with Crippen molar-refractivity contribution in [2.45, 2.75) is 55.2 Å². The first-order valence-electron chi connectivity index (χ1n) is 13.6. The molecule has 1 aromatic rings. The van der Waals surface area contributed by atoms with Crippen molar-refractivity contribution in [1.29, 1.82) is 0 Å². The molecule has 198 valence electrons. The molecule has 5 atom stereocenters. The molecule has 1 unspecified atom stereocenters. The Bertz CT molecular complexity index is 1080. The van der Waals surface area contributed by atoms with Crippen molar-refractivity contribution >= 4 is 29.5 Å². The van der Waals surface area contributed by atoms with Gasteiger partial charge in [-0.25, -0.2) is 0 Å². The van der Waals surface area contributed by atoms with Gasteiger partial charge in [0.15, 0.2) is 0 Å². The Labute approximate surface area is 223 Å². The SMILES string of the molecule is CCCN1CC=C[C@@H]2S[C@]34C=CCN(Cc5ccccc5)C(=O)C3N(CCCCCO)C(=O)[C@@H]4[C@@H]2C1=O. The Morgan fingerprint density at radius 1 is 0.946 bits per heavy atom. The molecule has 2 saturated heterocycles. The van der Waals surface area contributed by atoms with Gasteiger partial charge in [-0.15, -0.1) is 11.8 Å². The Balaban J connectivity index is 1.51. The lowest BCUT2D eigenvalue weighted by Gasteiger charge is -2.35. The lowest BCUT2D eigenvalue weighted by Crippen LogP contribution is -2.53. The molecule has 0 radical (unpaired) electrons. The van der Waals surface area contributed by atoms with E-state index in [1.54, 1.807) is 16.7 Å². The van der Waals surface area contributed by atoms with E-state index in [1.165, 1.54) is 0 Å². The fourth-order valence-corrected chi connectivity index (χ4v) is 8.47. The maximum atomic E-state index is 14.3. The van der Waals surface area contributed by atoms with Crippen LogP contribution < -0.4 is 0 Å². The van der Waals surface area contributed by atoms with Crippen LogP contribution in [0.15, 0.2) is 54.6 Å². The van der Waals surface area contributed by atoms with E-state index in [0.717, 1.165) is 24.8 Å². The third-order valence-electron chi connectivity index (χ3n) is 8.09. The van der Waals surface area contributed by atoms with Crippen LogP contribution in [0.5, 0.6) is 0 Å². The molecule has 0 bridgehead atoms. The summed E-state index contributed by atoms with van der Waals surface area (Å²) in [5, 5.41) is 9.11. The highest BCUT2D eigenvalue weighted by Crippen LogP contribution is 2.61. The van der Waals surface area contributed by atoms with Gasteiger partial charge in [0.05, 0.1) is 16.6 Å². The molecule has 4 heterocycles. The van der Waals surface area contributed by atoms with Gasteiger partial charge in [-0.05, 0) is 31.2 Å². The third-order valence-corrected chi connectivity index (χ3v) is 9.84. The summed E-state index contributed by atoms with van der Waals surface area (Å²) in [5.74, 6) is -1.11. The van der Waals surface area contributed by atoms with Crippen LogP contribution in [0.3, 0.4) is 0 Å². The minimum absolute atomic E-state index is 0.0340. The van der Waals surface area contributed by atoms with Crippen molar-refractivity contribution in [2.75, 3.05) is 32.8 Å². The Morgan fingerprint density at radius 3 is 2.49 bits per heavy atom. The van der Waals surface area contributed by atoms with E-state index < -0.39 is 22.6 Å². The van der Waals surface area contributed by atoms with Crippen LogP contribution in [0.4, 0.5) is 0 Å². The predicted octanol–water partition coefficient (Wildman–Crippen LogP) is 2.85. The summed E-state index contributed by atoms with van der Waals surface area (Å²) in [6.07, 6.45) is 11.3. The van der Waals surface area contributed by atoms with Crippen LogP contribution in [0.25, 0.3) is 0 Å². The second kappa shape index (κ2) is 11.0. The van der Waals surface area contributed by atoms with Gasteiger partial charge in [0, 0.05) is 44.6 Å². The van der Waals surface area contributed by atoms with Gasteiger partial charge in [-0.3, -0.25) is 14.4 Å². The van der Waals surface area contributed by atoms with Crippen molar-refractivity contribution in [3.05, 3.63) is 60.2 Å². The molecule has 8 heteroatoms. The van der Waals surface area contributed by atoms with Crippen LogP contribution in [0.1, 0.15) is 38.2 Å². The summed E-state index contributed by atoms with van der Waals surface area (Å²) in [5.41, 5.74) is 1.05. The monoisotopic (exact) mass is 523 g/mol. The van der Waals surface area contributed by atoms with Crippen LogP contribution in [-0.4, -0.2) is 86.4 Å². The number of hydrogen-bond donors (Lipinski definition) is 1. The summed E-state index contributed by atoms with van der Waals surface area (Å²) in [7, 11) is 0. The van der Waals surface area contributed by atoms with E-state index >= 15 is 0 Å². The molecule has 0 saturated carbocycles. The van der Waals surface area contributed by atoms with Crippen LogP contribution >= 0.6 is 11.8 Å². The Morgan fingerprint density at radius 2 is 1.73 bits per heavy atom. The number of carbonyl (C=O) groups excluding carboxylic acids is 3. The molecule has 7 nitrogen and oxygen atoms in total. The lowest BCUT2D eigenvalue weighted by molar-refractivity contribution is -0.144. The summed E-state index contributed by atoms with van der Waals surface area (Å²) >= 11 is 1.64. The molecule has 1 N–H and O–H groups in total. The highest BCUT2D eigenvalue weighted by atomic mass is 32.2. The van der Waals surface area contributed by atoms with Gasteiger partial charge in [0.2, 0.25) is 17.7 Å². The molecule has 4 aliphatic heterocycles. The van der Waals surface area contributed by atoms with E-state index in [4.69, 9.17) is 0 Å². The maximum Gasteiger partial charge on any atom is 0.247 e. The summed E-state index contributed by atoms with van der Waals surface area (Å²) in [4.78, 5) is 47.7. The topological polar surface area (TPSA) is 81.2 Å². The molecular weight excluding hydrogens is 486 g/mol. The quantitative estimate of drug-likeness (QED) is 0.398. The molecule has 1 aromatic carbocycles. The van der Waals surface area contributed by atoms with E-state index in [0.29, 0.717) is 39.1 Å². The minimum Gasteiger partial charge on any atom is -0.396 e. The second-order valence-corrected chi connectivity index (χ2v) is 12.0. The molecule has 5 rings (SSSR count). The van der Waals surface area contributed by atoms with E-state index in [-0.39, 0.29) is 29.6 Å². The first kappa shape index (κ1) is 26.0. The van der Waals surface area contributed by atoms with Crippen LogP contribution in [0, 0.1) is 11.8 Å². The number of benzene rings is 1. The van der Waals surface area contributed by atoms with Crippen molar-refractivity contribution < 1.29 is 19.5 Å². The standard InChI is InChI=1S/C29H37N3O4S/c1-2-15-30-16-9-13-22-23(26(30)34)24-27(35)32(18-7-4-8-19-33)25-28(36)31(17-10-14-29(24,25)37-22)20-21-11-5-3-6-12-21/h3,5-6,9-14,22-25,33H,2,4,7-8,15-20H2,1H3/t22-,23+,24-,25?,29-/m0/s1. The third kappa shape index (κ3) is 4.63. The van der Waals surface area contributed by atoms with Gasteiger partial charge in [0.25, 0.3) is 0 Å². The molecule has 3 amide bonds. The largest absolute Gasteiger partial charge is 0.396 e. The second-order valence-electron chi connectivity index (χ2n) is 10.5. The van der Waals surface area contributed by atoms with Gasteiger partial charge >= 0.3 is 0 Å². The lowest BCUT2D eigenvalue weighted by atomic mass is 9.78. The number of aliphatic hydroxyl groups is 1. The zero-order valence-corrected chi connectivity index (χ0v) is 22.3. The average molecular weight is 524 g/mol. The first-order chi connectivity index (χ1) is 18.0. The molecule has 0 aromatic heterocycles. The zero-order chi connectivity index (χ0) is 26.0. The van der Waals surface area contributed by atoms with Crippen LogP contribution in [0.2, 0.25) is 0 Å². The number of amides is 3. The molecule has 1 spiro atoms. The van der Waals surface area contributed by atoms with Gasteiger partial charge < -0.3 is 19.8 Å². The number of fused-ring (bicyclic) bond motifs is 2. The van der Waals surface area contributed by atoms with Crippen molar-refractivity contribution in [3.8, 4) is 0 Å². The number of rotatable bonds is 9. The van der Waals surface area contributed by atoms with Crippen molar-refractivity contribution in [2.24, 2.45) is 11.8 Å². The number of likely N-dealkylation sites (tertiary alicyclic amines) is 1. The van der Waals surface area contributed by atoms with Gasteiger partial charge in [-0.1, -0.05) is 61.6 Å². The normalized spacial score (nSPS) is 30.9. The Hall–Kier alpha value is -2.58. The molecular formula is C29H37N3O4S. The van der Waals surface area contributed by atoms with E-state index in [1.807, 2.05) is 46.2 Å². The fraction of sp³-hybridized carbons (Fsp3) is 0.552. The molecule has 2 fully saturated rings. The molecule has 0 aliphatic carbocycles. The van der Waals surface area contributed by atoms with Gasteiger partial charge in [-0.2, -0.15) is 0 Å². The first-order valence-corrected chi connectivity index (χ1v) is 14.4. The maximum absolute atomic E-state index is 14.3. The minimum atomic E-state index is -0.763. The Kier molecular flexibility index (Phi) is 7.77. The number of carbonyl (C=O) groups is 3. The molecule has 37 heavy (non-hydrogen) atoms. The zero-order valence-electron chi connectivity index (χ0n) is 21.5. The fourth-order valence-electron chi connectivity index (χ4n) is 6.46. The smallest absolute Gasteiger partial charge is 0.247 e. The van der Waals surface area contributed by atoms with Crippen LogP contribution in [-0.2, 0) is 20.9 Å². The van der Waals surface area contributed by atoms with E-state index in [2.05, 4.69) is 25.2 Å². The predicted molar refractivity (Wildman–Crippen MR) is 145 cm³/mol. The molecule has 4 aliphatic rings. The number of unbranched alkanes of at least 4 members (excludes halogenated alkanes) is 2. The average Bonchev–Trinajstić information content (AvgIpc) is 3.22. The van der Waals surface area contributed by atoms with Gasteiger partial charge in [0.1, 0.15) is 6.04 Å². The van der Waals surface area contributed by atoms with Crippen molar-refractivity contribution in [1.82, 2.24) is 14.7 Å². The number of thioether (sulfide) groups is 1.